The maximum absolute atomic E-state index is 12.8. The fourth-order valence-electron chi connectivity index (χ4n) is 4.11. The summed E-state index contributed by atoms with van der Waals surface area (Å²) in [6.45, 7) is 0. The van der Waals surface area contributed by atoms with Crippen LogP contribution in [0.5, 0.6) is 0 Å². The molecule has 1 heterocycles. The molecule has 170 valence electrons. The Kier molecular flexibility index (Phi) is 6.37. The number of benzene rings is 2. The number of hydrogen-bond acceptors (Lipinski definition) is 4. The molecule has 0 atom stereocenters. The molecule has 1 saturated carbocycles. The molecule has 1 aliphatic carbocycles. The number of carbonyl (C=O) groups is 1. The van der Waals surface area contributed by atoms with Gasteiger partial charge < -0.3 is 15.2 Å². The van der Waals surface area contributed by atoms with E-state index in [4.69, 9.17) is 4.98 Å². The van der Waals surface area contributed by atoms with Gasteiger partial charge in [-0.3, -0.25) is 4.79 Å². The number of imidazole rings is 1. The zero-order valence-corrected chi connectivity index (χ0v) is 18.7. The number of H-pyrrole nitrogens is 1. The smallest absolute Gasteiger partial charge is 0.376 e. The highest BCUT2D eigenvalue weighted by Crippen LogP contribution is 2.37. The third-order valence-electron chi connectivity index (χ3n) is 5.69. The summed E-state index contributed by atoms with van der Waals surface area (Å²) >= 11 is -0.203. The minimum atomic E-state index is -4.36. The second-order valence-corrected chi connectivity index (χ2v) is 9.40. The molecule has 4 rings (SSSR count). The third-order valence-corrected chi connectivity index (χ3v) is 6.43. The minimum Gasteiger partial charge on any atom is -0.376 e. The highest BCUT2D eigenvalue weighted by Gasteiger charge is 2.29. The van der Waals surface area contributed by atoms with E-state index in [0.717, 1.165) is 35.4 Å². The highest BCUT2D eigenvalue weighted by molar-refractivity contribution is 8.00. The monoisotopic (exact) mass is 462 g/mol. The van der Waals surface area contributed by atoms with Crippen molar-refractivity contribution in [2.75, 3.05) is 24.3 Å². The molecule has 0 unspecified atom stereocenters. The minimum absolute atomic E-state index is 0.0390. The average molecular weight is 463 g/mol. The van der Waals surface area contributed by atoms with E-state index in [1.807, 2.05) is 31.1 Å². The SMILES string of the molecule is CN(C)c1cc2nc(C3CCCCC3)[nH]c2cc1NC(=O)c1ccc(SC(F)(F)F)cc1. The maximum atomic E-state index is 12.8. The summed E-state index contributed by atoms with van der Waals surface area (Å²) in [5.74, 6) is 1.04. The molecule has 0 aliphatic heterocycles. The summed E-state index contributed by atoms with van der Waals surface area (Å²) in [6.07, 6.45) is 5.96. The van der Waals surface area contributed by atoms with Gasteiger partial charge in [-0.1, -0.05) is 19.3 Å². The molecule has 0 saturated heterocycles. The summed E-state index contributed by atoms with van der Waals surface area (Å²) in [5, 5.41) is 2.90. The lowest BCUT2D eigenvalue weighted by atomic mass is 9.89. The van der Waals surface area contributed by atoms with Crippen LogP contribution in [-0.4, -0.2) is 35.5 Å². The molecule has 0 radical (unpaired) electrons. The van der Waals surface area contributed by atoms with E-state index >= 15 is 0 Å². The first-order chi connectivity index (χ1) is 15.2. The van der Waals surface area contributed by atoms with Crippen LogP contribution in [0.3, 0.4) is 0 Å². The number of amides is 1. The molecule has 2 aromatic carbocycles. The second kappa shape index (κ2) is 9.05. The molecule has 0 bridgehead atoms. The highest BCUT2D eigenvalue weighted by atomic mass is 32.2. The first kappa shape index (κ1) is 22.5. The van der Waals surface area contributed by atoms with E-state index in [0.29, 0.717) is 11.6 Å². The first-order valence-electron chi connectivity index (χ1n) is 10.6. The Morgan fingerprint density at radius 3 is 2.44 bits per heavy atom. The zero-order chi connectivity index (χ0) is 22.9. The van der Waals surface area contributed by atoms with Gasteiger partial charge in [0.25, 0.3) is 5.91 Å². The number of nitrogens with one attached hydrogen (secondary N) is 2. The van der Waals surface area contributed by atoms with Gasteiger partial charge in [0, 0.05) is 30.5 Å². The largest absolute Gasteiger partial charge is 0.446 e. The molecule has 9 heteroatoms. The molecule has 1 amide bonds. The van der Waals surface area contributed by atoms with Crippen molar-refractivity contribution >= 4 is 40.1 Å². The third kappa shape index (κ3) is 5.20. The van der Waals surface area contributed by atoms with Gasteiger partial charge in [-0.05, 0) is 61.0 Å². The van der Waals surface area contributed by atoms with E-state index in [9.17, 15) is 18.0 Å². The Morgan fingerprint density at radius 1 is 1.12 bits per heavy atom. The summed E-state index contributed by atoms with van der Waals surface area (Å²) in [4.78, 5) is 23.0. The number of alkyl halides is 3. The van der Waals surface area contributed by atoms with Gasteiger partial charge in [0.2, 0.25) is 0 Å². The van der Waals surface area contributed by atoms with Crippen LogP contribution in [0.1, 0.15) is 54.2 Å². The molecule has 5 nitrogen and oxygen atoms in total. The van der Waals surface area contributed by atoms with Gasteiger partial charge in [-0.15, -0.1) is 0 Å². The standard InChI is InChI=1S/C23H25F3N4OS/c1-30(2)20-13-18-17(27-21(28-18)14-6-4-3-5-7-14)12-19(20)29-22(31)15-8-10-16(11-9-15)32-23(24,25)26/h8-14H,3-7H2,1-2H3,(H,27,28)(H,29,31). The Balaban J connectivity index is 1.58. The van der Waals surface area contributed by atoms with Crippen LogP contribution in [0.2, 0.25) is 0 Å². The fourth-order valence-corrected chi connectivity index (χ4v) is 4.65. The number of nitrogens with zero attached hydrogens (tertiary/aromatic N) is 2. The summed E-state index contributed by atoms with van der Waals surface area (Å²) in [5.41, 5.74) is -0.963. The van der Waals surface area contributed by atoms with E-state index in [-0.39, 0.29) is 28.1 Å². The van der Waals surface area contributed by atoms with Crippen LogP contribution in [-0.2, 0) is 0 Å². The van der Waals surface area contributed by atoms with Crippen molar-refractivity contribution in [1.82, 2.24) is 9.97 Å². The van der Waals surface area contributed by atoms with Gasteiger partial charge in [0.1, 0.15) is 5.82 Å². The number of aromatic nitrogens is 2. The van der Waals surface area contributed by atoms with E-state index in [1.54, 1.807) is 0 Å². The number of anilines is 2. The van der Waals surface area contributed by atoms with E-state index in [2.05, 4.69) is 10.3 Å². The first-order valence-corrected chi connectivity index (χ1v) is 11.4. The molecule has 32 heavy (non-hydrogen) atoms. The van der Waals surface area contributed by atoms with Crippen molar-refractivity contribution in [3.63, 3.8) is 0 Å². The van der Waals surface area contributed by atoms with Crippen molar-refractivity contribution in [1.29, 1.82) is 0 Å². The Morgan fingerprint density at radius 2 is 1.81 bits per heavy atom. The number of carbonyl (C=O) groups excluding carboxylic acids is 1. The molecule has 0 spiro atoms. The molecule has 1 fully saturated rings. The molecule has 1 aliphatic rings. The van der Waals surface area contributed by atoms with Crippen LogP contribution in [0.4, 0.5) is 24.5 Å². The number of aromatic amines is 1. The molecular weight excluding hydrogens is 437 g/mol. The van der Waals surface area contributed by atoms with Crippen molar-refractivity contribution < 1.29 is 18.0 Å². The molecular formula is C23H25F3N4OS. The van der Waals surface area contributed by atoms with Crippen LogP contribution in [0, 0.1) is 0 Å². The average Bonchev–Trinajstić information content (AvgIpc) is 3.16. The molecule has 3 aromatic rings. The molecule has 1 aromatic heterocycles. The van der Waals surface area contributed by atoms with Gasteiger partial charge >= 0.3 is 5.51 Å². The number of rotatable bonds is 5. The number of fused-ring (bicyclic) bond motifs is 1. The van der Waals surface area contributed by atoms with Crippen molar-refractivity contribution in [3.05, 3.63) is 47.8 Å². The van der Waals surface area contributed by atoms with Crippen LogP contribution in [0.15, 0.2) is 41.3 Å². The van der Waals surface area contributed by atoms with E-state index < -0.39 is 5.51 Å². The van der Waals surface area contributed by atoms with Gasteiger partial charge in [-0.25, -0.2) is 4.98 Å². The second-order valence-electron chi connectivity index (χ2n) is 8.26. The Bertz CT molecular complexity index is 1100. The van der Waals surface area contributed by atoms with Crippen molar-refractivity contribution in [2.45, 2.75) is 48.4 Å². The number of halogens is 3. The summed E-state index contributed by atoms with van der Waals surface area (Å²) in [7, 11) is 3.77. The number of thioether (sulfide) groups is 1. The fraction of sp³-hybridized carbons (Fsp3) is 0.391. The maximum Gasteiger partial charge on any atom is 0.446 e. The van der Waals surface area contributed by atoms with E-state index in [1.165, 1.54) is 43.5 Å². The topological polar surface area (TPSA) is 61.0 Å². The lowest BCUT2D eigenvalue weighted by Crippen LogP contribution is -2.16. The Hall–Kier alpha value is -2.68. The summed E-state index contributed by atoms with van der Waals surface area (Å²) in [6, 6.07) is 9.21. The van der Waals surface area contributed by atoms with Gasteiger partial charge in [0.05, 0.1) is 22.4 Å². The lowest BCUT2D eigenvalue weighted by molar-refractivity contribution is -0.0328. The predicted molar refractivity (Wildman–Crippen MR) is 123 cm³/mol. The van der Waals surface area contributed by atoms with Crippen molar-refractivity contribution in [2.24, 2.45) is 0 Å². The van der Waals surface area contributed by atoms with Gasteiger partial charge in [0.15, 0.2) is 0 Å². The summed E-state index contributed by atoms with van der Waals surface area (Å²) < 4.78 is 37.6. The van der Waals surface area contributed by atoms with Crippen LogP contribution in [0.25, 0.3) is 11.0 Å². The van der Waals surface area contributed by atoms with Crippen LogP contribution < -0.4 is 10.2 Å². The number of hydrogen-bond donors (Lipinski definition) is 2. The Labute approximate surface area is 188 Å². The normalized spacial score (nSPS) is 15.2. The van der Waals surface area contributed by atoms with Crippen LogP contribution >= 0.6 is 11.8 Å². The van der Waals surface area contributed by atoms with Gasteiger partial charge in [-0.2, -0.15) is 13.2 Å². The molecule has 2 N–H and O–H groups in total. The quantitative estimate of drug-likeness (QED) is 0.423. The zero-order valence-electron chi connectivity index (χ0n) is 17.9. The predicted octanol–water partition coefficient (Wildman–Crippen LogP) is 6.54. The van der Waals surface area contributed by atoms with Crippen molar-refractivity contribution in [3.8, 4) is 0 Å². The lowest BCUT2D eigenvalue weighted by Gasteiger charge is -2.18.